The van der Waals surface area contributed by atoms with Crippen LogP contribution in [0.2, 0.25) is 0 Å². The van der Waals surface area contributed by atoms with Gasteiger partial charge in [-0.05, 0) is 36.6 Å². The Morgan fingerprint density at radius 3 is 2.67 bits per heavy atom. The number of aliphatic hydroxyl groups excluding tert-OH is 1. The minimum atomic E-state index is -1.52. The van der Waals surface area contributed by atoms with Crippen molar-refractivity contribution in [2.45, 2.75) is 31.9 Å². The Morgan fingerprint density at radius 1 is 1.30 bits per heavy atom. The summed E-state index contributed by atoms with van der Waals surface area (Å²) in [5.41, 5.74) is -0.916. The van der Waals surface area contributed by atoms with Gasteiger partial charge in [0, 0.05) is 38.4 Å². The molecular weight excluding hydrogens is 353 g/mol. The van der Waals surface area contributed by atoms with Gasteiger partial charge in [0.2, 0.25) is 5.91 Å². The number of amides is 1. The predicted molar refractivity (Wildman–Crippen MR) is 94.2 cm³/mol. The lowest BCUT2D eigenvalue weighted by atomic mass is 9.72. The van der Waals surface area contributed by atoms with Crippen molar-refractivity contribution in [2.75, 3.05) is 13.1 Å². The summed E-state index contributed by atoms with van der Waals surface area (Å²) in [6.07, 6.45) is 2.69. The van der Waals surface area contributed by atoms with Gasteiger partial charge in [-0.25, -0.2) is 4.39 Å². The molecule has 3 rings (SSSR count). The number of nitrogens with zero attached hydrogens (tertiary/aromatic N) is 3. The smallest absolute Gasteiger partial charge is 0.314 e. The van der Waals surface area contributed by atoms with Crippen LogP contribution in [0.4, 0.5) is 4.39 Å². The fourth-order valence-corrected chi connectivity index (χ4v) is 3.52. The molecular formula is C19H22FN3O4. The first-order valence-electron chi connectivity index (χ1n) is 8.82. The summed E-state index contributed by atoms with van der Waals surface area (Å²) in [7, 11) is 0. The molecule has 2 N–H and O–H groups in total. The summed E-state index contributed by atoms with van der Waals surface area (Å²) in [5, 5.41) is 24.4. The number of carbonyl (C=O) groups excluding carboxylic acids is 1. The minimum Gasteiger partial charge on any atom is -0.481 e. The fraction of sp³-hybridized carbons (Fsp3) is 0.421. The zero-order valence-corrected chi connectivity index (χ0v) is 14.8. The van der Waals surface area contributed by atoms with Crippen LogP contribution in [-0.4, -0.2) is 56.0 Å². The van der Waals surface area contributed by atoms with Crippen molar-refractivity contribution in [3.63, 3.8) is 0 Å². The first-order valence-corrected chi connectivity index (χ1v) is 8.82. The normalized spacial score (nSPS) is 22.6. The van der Waals surface area contributed by atoms with Crippen LogP contribution >= 0.6 is 0 Å². The maximum atomic E-state index is 13.1. The Labute approximate surface area is 156 Å². The highest BCUT2D eigenvalue weighted by molar-refractivity contribution is 5.80. The molecule has 27 heavy (non-hydrogen) atoms. The van der Waals surface area contributed by atoms with Crippen molar-refractivity contribution in [1.29, 1.82) is 0 Å². The van der Waals surface area contributed by atoms with Gasteiger partial charge in [-0.3, -0.25) is 14.3 Å². The standard InChI is InChI=1S/C19H22FN3O4/c20-15-4-2-14(3-5-15)12-19(18(26)27)13-22(10-6-16(19)24)17(25)7-11-23-9-1-8-21-23/h1-5,8-9,16,24H,6-7,10-13H2,(H,26,27)/t16-,19+/m0/s1. The van der Waals surface area contributed by atoms with E-state index in [1.54, 1.807) is 23.1 Å². The number of benzene rings is 1. The topological polar surface area (TPSA) is 95.7 Å². The summed E-state index contributed by atoms with van der Waals surface area (Å²) < 4.78 is 14.8. The third-order valence-corrected chi connectivity index (χ3v) is 5.11. The van der Waals surface area contributed by atoms with Gasteiger partial charge in [-0.1, -0.05) is 12.1 Å². The Hall–Kier alpha value is -2.74. The highest BCUT2D eigenvalue weighted by Gasteiger charge is 2.50. The lowest BCUT2D eigenvalue weighted by Gasteiger charge is -2.43. The van der Waals surface area contributed by atoms with E-state index in [0.29, 0.717) is 18.7 Å². The van der Waals surface area contributed by atoms with Gasteiger partial charge in [0.25, 0.3) is 0 Å². The fourth-order valence-electron chi connectivity index (χ4n) is 3.52. The van der Waals surface area contributed by atoms with Crippen molar-refractivity contribution in [3.05, 3.63) is 54.1 Å². The summed E-state index contributed by atoms with van der Waals surface area (Å²) in [6.45, 7) is 0.624. The highest BCUT2D eigenvalue weighted by Crippen LogP contribution is 2.35. The molecule has 1 amide bonds. The van der Waals surface area contributed by atoms with Gasteiger partial charge in [-0.2, -0.15) is 5.10 Å². The van der Waals surface area contributed by atoms with Gasteiger partial charge in [0.05, 0.1) is 6.10 Å². The molecule has 1 saturated heterocycles. The second-order valence-electron chi connectivity index (χ2n) is 6.90. The van der Waals surface area contributed by atoms with Crippen LogP contribution in [0.25, 0.3) is 0 Å². The highest BCUT2D eigenvalue weighted by atomic mass is 19.1. The molecule has 1 aliphatic rings. The molecule has 144 valence electrons. The number of likely N-dealkylation sites (tertiary alicyclic amines) is 1. The van der Waals surface area contributed by atoms with Crippen LogP contribution in [0.3, 0.4) is 0 Å². The molecule has 1 fully saturated rings. The monoisotopic (exact) mass is 375 g/mol. The van der Waals surface area contributed by atoms with E-state index in [0.717, 1.165) is 0 Å². The number of aliphatic carboxylic acids is 1. The van der Waals surface area contributed by atoms with Crippen LogP contribution < -0.4 is 0 Å². The predicted octanol–water partition coefficient (Wildman–Crippen LogP) is 1.32. The molecule has 0 aliphatic carbocycles. The maximum absolute atomic E-state index is 13.1. The Morgan fingerprint density at radius 2 is 2.04 bits per heavy atom. The third kappa shape index (κ3) is 4.16. The van der Waals surface area contributed by atoms with E-state index in [9.17, 15) is 24.2 Å². The molecule has 8 heteroatoms. The largest absolute Gasteiger partial charge is 0.481 e. The van der Waals surface area contributed by atoms with Crippen LogP contribution in [0.15, 0.2) is 42.7 Å². The van der Waals surface area contributed by atoms with E-state index in [2.05, 4.69) is 5.10 Å². The zero-order valence-electron chi connectivity index (χ0n) is 14.8. The van der Waals surface area contributed by atoms with E-state index in [1.807, 2.05) is 0 Å². The van der Waals surface area contributed by atoms with Gasteiger partial charge in [0.1, 0.15) is 11.2 Å². The number of hydrogen-bond donors (Lipinski definition) is 2. The van der Waals surface area contributed by atoms with Crippen molar-refractivity contribution < 1.29 is 24.2 Å². The van der Waals surface area contributed by atoms with E-state index in [-0.39, 0.29) is 31.7 Å². The number of aromatic nitrogens is 2. The van der Waals surface area contributed by atoms with Crippen LogP contribution in [-0.2, 0) is 22.6 Å². The quantitative estimate of drug-likeness (QED) is 0.794. The van der Waals surface area contributed by atoms with E-state index < -0.39 is 23.3 Å². The van der Waals surface area contributed by atoms with Crippen molar-refractivity contribution in [1.82, 2.24) is 14.7 Å². The Bertz CT molecular complexity index is 794. The number of hydrogen-bond acceptors (Lipinski definition) is 4. The number of aliphatic hydroxyl groups is 1. The summed E-state index contributed by atoms with van der Waals surface area (Å²) in [5.74, 6) is -1.76. The van der Waals surface area contributed by atoms with E-state index in [1.165, 1.54) is 29.2 Å². The average molecular weight is 375 g/mol. The van der Waals surface area contributed by atoms with E-state index >= 15 is 0 Å². The second kappa shape index (κ2) is 7.87. The minimum absolute atomic E-state index is 0.0206. The second-order valence-corrected chi connectivity index (χ2v) is 6.90. The molecule has 1 aliphatic heterocycles. The number of rotatable bonds is 6. The van der Waals surface area contributed by atoms with Crippen molar-refractivity contribution in [3.8, 4) is 0 Å². The average Bonchev–Trinajstić information content (AvgIpc) is 3.17. The molecule has 0 bridgehead atoms. The zero-order chi connectivity index (χ0) is 19.4. The number of carbonyl (C=O) groups is 2. The lowest BCUT2D eigenvalue weighted by Crippen LogP contribution is -2.58. The number of halogens is 1. The SMILES string of the molecule is O=C(CCn1cccn1)N1CC[C@H](O)[C@](Cc2ccc(F)cc2)(C(=O)O)C1. The summed E-state index contributed by atoms with van der Waals surface area (Å²) in [6, 6.07) is 7.29. The number of carboxylic acid groups (broad SMARTS) is 1. The van der Waals surface area contributed by atoms with Gasteiger partial charge in [-0.15, -0.1) is 0 Å². The van der Waals surface area contributed by atoms with Crippen molar-refractivity contribution in [2.24, 2.45) is 5.41 Å². The molecule has 2 heterocycles. The molecule has 7 nitrogen and oxygen atoms in total. The van der Waals surface area contributed by atoms with Crippen LogP contribution in [0.1, 0.15) is 18.4 Å². The number of carboxylic acids is 1. The van der Waals surface area contributed by atoms with Crippen LogP contribution in [0, 0.1) is 11.2 Å². The molecule has 1 aromatic carbocycles. The third-order valence-electron chi connectivity index (χ3n) is 5.11. The molecule has 0 radical (unpaired) electrons. The molecule has 0 unspecified atom stereocenters. The maximum Gasteiger partial charge on any atom is 0.314 e. The molecule has 0 saturated carbocycles. The van der Waals surface area contributed by atoms with Gasteiger partial charge >= 0.3 is 5.97 Å². The van der Waals surface area contributed by atoms with E-state index in [4.69, 9.17) is 0 Å². The molecule has 2 atom stereocenters. The van der Waals surface area contributed by atoms with Gasteiger partial charge in [0.15, 0.2) is 0 Å². The number of aryl methyl sites for hydroxylation is 1. The molecule has 1 aromatic heterocycles. The molecule has 0 spiro atoms. The Kier molecular flexibility index (Phi) is 5.55. The Balaban J connectivity index is 1.74. The van der Waals surface area contributed by atoms with Gasteiger partial charge < -0.3 is 15.1 Å². The van der Waals surface area contributed by atoms with Crippen molar-refractivity contribution >= 4 is 11.9 Å². The first-order chi connectivity index (χ1) is 12.9. The van der Waals surface area contributed by atoms with Crippen LogP contribution in [0.5, 0.6) is 0 Å². The summed E-state index contributed by atoms with van der Waals surface area (Å²) >= 11 is 0. The first kappa shape index (κ1) is 19.0. The molecule has 2 aromatic rings. The lowest BCUT2D eigenvalue weighted by molar-refractivity contribution is -0.165. The summed E-state index contributed by atoms with van der Waals surface area (Å²) in [4.78, 5) is 26.1. The number of piperidine rings is 1.